The molecule has 0 unspecified atom stereocenters. The molecule has 0 rings (SSSR count). The number of carbonyl (C=O) groups is 1. The third-order valence-corrected chi connectivity index (χ3v) is 2.54. The van der Waals surface area contributed by atoms with Gasteiger partial charge in [-0.05, 0) is 24.8 Å². The number of rotatable bonds is 8. The fourth-order valence-electron chi connectivity index (χ4n) is 1.75. The van der Waals surface area contributed by atoms with Crippen molar-refractivity contribution in [2.45, 2.75) is 59.0 Å². The Morgan fingerprint density at radius 2 is 1.82 bits per heavy atom. The van der Waals surface area contributed by atoms with Crippen molar-refractivity contribution in [2.24, 2.45) is 5.92 Å². The van der Waals surface area contributed by atoms with E-state index in [0.29, 0.717) is 12.5 Å². The van der Waals surface area contributed by atoms with Gasteiger partial charge in [0.25, 0.3) is 0 Å². The van der Waals surface area contributed by atoms with Gasteiger partial charge in [0.2, 0.25) is 0 Å². The Bertz CT molecular complexity index is 228. The molecule has 0 bridgehead atoms. The fourth-order valence-corrected chi connectivity index (χ4v) is 1.75. The van der Waals surface area contributed by atoms with Crippen molar-refractivity contribution in [1.82, 2.24) is 0 Å². The molecule has 0 aliphatic carbocycles. The van der Waals surface area contributed by atoms with Crippen LogP contribution in [0.3, 0.4) is 0 Å². The summed E-state index contributed by atoms with van der Waals surface area (Å²) in [6, 6.07) is 0. The van der Waals surface area contributed by atoms with Gasteiger partial charge in [-0.25, -0.2) is 4.79 Å². The lowest BCUT2D eigenvalue weighted by Gasteiger charge is -2.29. The van der Waals surface area contributed by atoms with Crippen LogP contribution >= 0.6 is 0 Å². The van der Waals surface area contributed by atoms with Crippen LogP contribution in [0.5, 0.6) is 0 Å². The highest BCUT2D eigenvalue weighted by atomic mass is 16.7. The van der Waals surface area contributed by atoms with Gasteiger partial charge in [0, 0.05) is 0 Å². The second-order valence-electron chi connectivity index (χ2n) is 4.83. The van der Waals surface area contributed by atoms with E-state index in [1.807, 2.05) is 13.8 Å². The van der Waals surface area contributed by atoms with Crippen LogP contribution in [-0.4, -0.2) is 18.4 Å². The van der Waals surface area contributed by atoms with Crippen LogP contribution < -0.4 is 0 Å². The quantitative estimate of drug-likeness (QED) is 0.469. The number of carbonyl (C=O) groups excluding carboxylic acids is 1. The van der Waals surface area contributed by atoms with Crippen LogP contribution in [0.2, 0.25) is 0 Å². The van der Waals surface area contributed by atoms with Crippen molar-refractivity contribution in [1.29, 1.82) is 0 Å². The molecule has 0 spiro atoms. The Morgan fingerprint density at radius 3 is 2.18 bits per heavy atom. The molecule has 3 heteroatoms. The Labute approximate surface area is 105 Å². The predicted octanol–water partition coefficient (Wildman–Crippen LogP) is 4.32. The summed E-state index contributed by atoms with van der Waals surface area (Å²) in [4.78, 5) is 11.6. The second kappa shape index (κ2) is 8.15. The van der Waals surface area contributed by atoms with Crippen LogP contribution in [0.4, 0.5) is 4.79 Å². The highest BCUT2D eigenvalue weighted by Crippen LogP contribution is 2.26. The van der Waals surface area contributed by atoms with Crippen molar-refractivity contribution in [3.8, 4) is 0 Å². The molecule has 0 aromatic carbocycles. The maximum atomic E-state index is 11.6. The van der Waals surface area contributed by atoms with E-state index in [-0.39, 0.29) is 0 Å². The van der Waals surface area contributed by atoms with E-state index in [0.717, 1.165) is 25.7 Å². The van der Waals surface area contributed by atoms with E-state index >= 15 is 0 Å². The molecule has 0 saturated carbocycles. The molecule has 100 valence electrons. The number of hydrogen-bond acceptors (Lipinski definition) is 3. The SMILES string of the molecule is C=CC(CCC)(CCC)OC(=O)OCC(C)C. The minimum absolute atomic E-state index is 0.318. The fraction of sp³-hybridized carbons (Fsp3) is 0.786. The standard InChI is InChI=1S/C14H26O3/c1-6-9-14(8-3,10-7-2)17-13(15)16-11-12(4)5/h8,12H,3,6-7,9-11H2,1-2,4-5H3. The zero-order chi connectivity index (χ0) is 13.3. The molecule has 0 saturated heterocycles. The summed E-state index contributed by atoms with van der Waals surface area (Å²) in [5.74, 6) is 0.318. The second-order valence-corrected chi connectivity index (χ2v) is 4.83. The van der Waals surface area contributed by atoms with Gasteiger partial charge in [0.05, 0.1) is 6.61 Å². The summed E-state index contributed by atoms with van der Waals surface area (Å²) in [5.41, 5.74) is -0.558. The number of ether oxygens (including phenoxy) is 2. The van der Waals surface area contributed by atoms with Gasteiger partial charge in [0.15, 0.2) is 0 Å². The summed E-state index contributed by atoms with van der Waals surface area (Å²) in [6.07, 6.45) is 4.63. The lowest BCUT2D eigenvalue weighted by atomic mass is 9.93. The van der Waals surface area contributed by atoms with Gasteiger partial charge in [0.1, 0.15) is 5.60 Å². The first-order valence-corrected chi connectivity index (χ1v) is 6.49. The van der Waals surface area contributed by atoms with E-state index in [9.17, 15) is 4.79 Å². The molecule has 0 fully saturated rings. The van der Waals surface area contributed by atoms with Crippen LogP contribution in [-0.2, 0) is 9.47 Å². The molecule has 0 heterocycles. The first-order valence-electron chi connectivity index (χ1n) is 6.49. The van der Waals surface area contributed by atoms with E-state index in [1.165, 1.54) is 0 Å². The van der Waals surface area contributed by atoms with E-state index in [2.05, 4.69) is 20.4 Å². The summed E-state index contributed by atoms with van der Waals surface area (Å²) < 4.78 is 10.5. The molecule has 17 heavy (non-hydrogen) atoms. The maximum absolute atomic E-state index is 11.6. The normalized spacial score (nSPS) is 11.4. The van der Waals surface area contributed by atoms with Crippen molar-refractivity contribution < 1.29 is 14.3 Å². The van der Waals surface area contributed by atoms with E-state index < -0.39 is 11.8 Å². The number of hydrogen-bond donors (Lipinski definition) is 0. The Hall–Kier alpha value is -0.990. The van der Waals surface area contributed by atoms with Gasteiger partial charge >= 0.3 is 6.16 Å². The van der Waals surface area contributed by atoms with Crippen LogP contribution in [0, 0.1) is 5.92 Å². The molecule has 0 aromatic heterocycles. The van der Waals surface area contributed by atoms with E-state index in [4.69, 9.17) is 9.47 Å². The summed E-state index contributed by atoms with van der Waals surface area (Å²) in [6.45, 7) is 12.3. The monoisotopic (exact) mass is 242 g/mol. The smallest absolute Gasteiger partial charge is 0.434 e. The minimum atomic E-state index is -0.583. The molecule has 0 aromatic rings. The average Bonchev–Trinajstić information content (AvgIpc) is 2.27. The maximum Gasteiger partial charge on any atom is 0.509 e. The first kappa shape index (κ1) is 16.0. The van der Waals surface area contributed by atoms with Crippen LogP contribution in [0.15, 0.2) is 12.7 Å². The molecular formula is C14H26O3. The van der Waals surface area contributed by atoms with E-state index in [1.54, 1.807) is 6.08 Å². The Morgan fingerprint density at radius 1 is 1.29 bits per heavy atom. The molecule has 3 nitrogen and oxygen atoms in total. The molecule has 0 aliphatic rings. The van der Waals surface area contributed by atoms with Gasteiger partial charge in [-0.15, -0.1) is 0 Å². The highest BCUT2D eigenvalue weighted by molar-refractivity contribution is 5.61. The first-order chi connectivity index (χ1) is 7.99. The molecule has 0 radical (unpaired) electrons. The van der Waals surface area contributed by atoms with Crippen molar-refractivity contribution in [3.05, 3.63) is 12.7 Å². The third kappa shape index (κ3) is 6.35. The predicted molar refractivity (Wildman–Crippen MR) is 70.0 cm³/mol. The largest absolute Gasteiger partial charge is 0.509 e. The summed E-state index contributed by atoms with van der Waals surface area (Å²) >= 11 is 0. The molecular weight excluding hydrogens is 216 g/mol. The van der Waals surface area contributed by atoms with Gasteiger partial charge in [-0.2, -0.15) is 0 Å². The summed E-state index contributed by atoms with van der Waals surface area (Å²) in [5, 5.41) is 0. The van der Waals surface area contributed by atoms with Crippen molar-refractivity contribution in [3.63, 3.8) is 0 Å². The molecule has 0 N–H and O–H groups in total. The Kier molecular flexibility index (Phi) is 7.68. The van der Waals surface area contributed by atoms with Crippen LogP contribution in [0.25, 0.3) is 0 Å². The Balaban J connectivity index is 4.40. The van der Waals surface area contributed by atoms with Gasteiger partial charge in [-0.3, -0.25) is 0 Å². The highest BCUT2D eigenvalue weighted by Gasteiger charge is 2.30. The summed E-state index contributed by atoms with van der Waals surface area (Å²) in [7, 11) is 0. The topological polar surface area (TPSA) is 35.5 Å². The third-order valence-electron chi connectivity index (χ3n) is 2.54. The minimum Gasteiger partial charge on any atom is -0.434 e. The average molecular weight is 242 g/mol. The van der Waals surface area contributed by atoms with Crippen molar-refractivity contribution in [2.75, 3.05) is 6.61 Å². The molecule has 0 aliphatic heterocycles. The lowest BCUT2D eigenvalue weighted by molar-refractivity contribution is -0.0227. The zero-order valence-corrected chi connectivity index (χ0v) is 11.6. The molecule has 0 atom stereocenters. The van der Waals surface area contributed by atoms with Crippen molar-refractivity contribution >= 4 is 6.16 Å². The van der Waals surface area contributed by atoms with Gasteiger partial charge in [-0.1, -0.05) is 47.1 Å². The zero-order valence-electron chi connectivity index (χ0n) is 11.6. The van der Waals surface area contributed by atoms with Gasteiger partial charge < -0.3 is 9.47 Å². The molecule has 0 amide bonds. The van der Waals surface area contributed by atoms with Crippen LogP contribution in [0.1, 0.15) is 53.4 Å². The lowest BCUT2D eigenvalue weighted by Crippen LogP contribution is -2.33.